The van der Waals surface area contributed by atoms with Gasteiger partial charge in [-0.2, -0.15) is 5.26 Å². The van der Waals surface area contributed by atoms with Crippen LogP contribution < -0.4 is 0 Å². The van der Waals surface area contributed by atoms with Crippen molar-refractivity contribution in [1.82, 2.24) is 4.98 Å². The number of thioether (sulfide) groups is 1. The van der Waals surface area contributed by atoms with Crippen molar-refractivity contribution in [3.8, 4) is 17.3 Å². The molecule has 3 aromatic rings. The van der Waals surface area contributed by atoms with E-state index < -0.39 is 5.97 Å². The Balaban J connectivity index is 1.53. The Morgan fingerprint density at radius 3 is 2.47 bits per heavy atom. The summed E-state index contributed by atoms with van der Waals surface area (Å²) in [6, 6.07) is 22.2. The molecule has 5 nitrogen and oxygen atoms in total. The number of rotatable bonds is 8. The number of pyridine rings is 1. The summed E-state index contributed by atoms with van der Waals surface area (Å²) in [6.45, 7) is -0.295. The molecule has 0 fully saturated rings. The molecule has 0 spiro atoms. The summed E-state index contributed by atoms with van der Waals surface area (Å²) in [6.07, 6.45) is 0.112. The molecule has 0 radical (unpaired) electrons. The van der Waals surface area contributed by atoms with Gasteiger partial charge >= 0.3 is 5.97 Å². The van der Waals surface area contributed by atoms with Crippen molar-refractivity contribution >= 4 is 39.4 Å². The number of aromatic nitrogens is 1. The molecule has 150 valence electrons. The fourth-order valence-corrected chi connectivity index (χ4v) is 3.73. The topological polar surface area (TPSA) is 80.1 Å². The highest BCUT2D eigenvalue weighted by Crippen LogP contribution is 2.25. The number of ether oxygens (including phenoxy) is 1. The van der Waals surface area contributed by atoms with Gasteiger partial charge in [-0.3, -0.25) is 9.59 Å². The highest BCUT2D eigenvalue weighted by molar-refractivity contribution is 9.10. The average Bonchev–Trinajstić information content (AvgIpc) is 2.78. The number of esters is 1. The molecular formula is C23H17BrN2O3S. The second kappa shape index (κ2) is 10.7. The quantitative estimate of drug-likeness (QED) is 0.247. The van der Waals surface area contributed by atoms with E-state index in [1.807, 2.05) is 30.3 Å². The summed E-state index contributed by atoms with van der Waals surface area (Å²) in [7, 11) is 0. The van der Waals surface area contributed by atoms with Gasteiger partial charge in [0.05, 0.1) is 17.7 Å². The predicted molar refractivity (Wildman–Crippen MR) is 119 cm³/mol. The van der Waals surface area contributed by atoms with Crippen LogP contribution in [-0.2, 0) is 9.53 Å². The lowest BCUT2D eigenvalue weighted by molar-refractivity contribution is -0.141. The minimum Gasteiger partial charge on any atom is -0.457 e. The van der Waals surface area contributed by atoms with Gasteiger partial charge in [0.25, 0.3) is 0 Å². The Morgan fingerprint density at radius 1 is 1.03 bits per heavy atom. The average molecular weight is 481 g/mol. The fraction of sp³-hybridized carbons (Fsp3) is 0.130. The predicted octanol–water partition coefficient (Wildman–Crippen LogP) is 5.29. The van der Waals surface area contributed by atoms with E-state index in [0.29, 0.717) is 21.9 Å². The third kappa shape index (κ3) is 6.02. The smallest absolute Gasteiger partial charge is 0.307 e. The molecule has 2 aromatic carbocycles. The Bertz CT molecular complexity index is 1080. The van der Waals surface area contributed by atoms with Crippen molar-refractivity contribution in [1.29, 1.82) is 5.26 Å². The maximum absolute atomic E-state index is 12.1. The van der Waals surface area contributed by atoms with E-state index in [2.05, 4.69) is 27.0 Å². The molecular weight excluding hydrogens is 464 g/mol. The van der Waals surface area contributed by atoms with Crippen LogP contribution in [0.3, 0.4) is 0 Å². The van der Waals surface area contributed by atoms with E-state index in [9.17, 15) is 14.9 Å². The standard InChI is InChI=1S/C23H17BrN2O3S/c24-19-9-6-17(7-10-19)21(27)15-29-22(28)12-13-30-23-18(14-25)8-11-20(26-23)16-4-2-1-3-5-16/h1-11H,12-13,15H2. The molecule has 0 saturated heterocycles. The Hall–Kier alpha value is -2.95. The van der Waals surface area contributed by atoms with Gasteiger partial charge in [-0.15, -0.1) is 11.8 Å². The van der Waals surface area contributed by atoms with Crippen molar-refractivity contribution in [3.05, 3.63) is 82.3 Å². The third-order valence-corrected chi connectivity index (χ3v) is 5.65. The van der Waals surface area contributed by atoms with Crippen LogP contribution in [0.25, 0.3) is 11.3 Å². The van der Waals surface area contributed by atoms with Crippen LogP contribution >= 0.6 is 27.7 Å². The summed E-state index contributed by atoms with van der Waals surface area (Å²) in [4.78, 5) is 28.6. The van der Waals surface area contributed by atoms with Crippen LogP contribution in [0.5, 0.6) is 0 Å². The van der Waals surface area contributed by atoms with Gasteiger partial charge in [-0.1, -0.05) is 58.4 Å². The monoisotopic (exact) mass is 480 g/mol. The van der Waals surface area contributed by atoms with E-state index >= 15 is 0 Å². The summed E-state index contributed by atoms with van der Waals surface area (Å²) in [5.41, 5.74) is 2.66. The number of benzene rings is 2. The molecule has 1 heterocycles. The molecule has 0 aliphatic rings. The van der Waals surface area contributed by atoms with Crippen molar-refractivity contribution in [2.75, 3.05) is 12.4 Å². The van der Waals surface area contributed by atoms with Crippen LogP contribution in [-0.4, -0.2) is 29.1 Å². The summed E-state index contributed by atoms with van der Waals surface area (Å²) < 4.78 is 5.95. The van der Waals surface area contributed by atoms with Crippen molar-refractivity contribution in [2.24, 2.45) is 0 Å². The zero-order valence-electron chi connectivity index (χ0n) is 15.9. The van der Waals surface area contributed by atoms with Gasteiger partial charge in [0, 0.05) is 21.4 Å². The molecule has 1 aromatic heterocycles. The van der Waals surface area contributed by atoms with Gasteiger partial charge < -0.3 is 4.74 Å². The lowest BCUT2D eigenvalue weighted by atomic mass is 10.1. The molecule has 0 saturated carbocycles. The number of halogens is 1. The van der Waals surface area contributed by atoms with E-state index in [1.54, 1.807) is 36.4 Å². The van der Waals surface area contributed by atoms with Crippen LogP contribution in [0.15, 0.2) is 76.2 Å². The molecule has 0 atom stereocenters. The lowest BCUT2D eigenvalue weighted by Gasteiger charge is -2.07. The van der Waals surface area contributed by atoms with E-state index in [-0.39, 0.29) is 18.8 Å². The van der Waals surface area contributed by atoms with Gasteiger partial charge in [-0.05, 0) is 24.3 Å². The van der Waals surface area contributed by atoms with E-state index in [4.69, 9.17) is 4.74 Å². The van der Waals surface area contributed by atoms with Gasteiger partial charge in [-0.25, -0.2) is 4.98 Å². The first-order valence-electron chi connectivity index (χ1n) is 9.10. The van der Waals surface area contributed by atoms with Crippen molar-refractivity contribution in [2.45, 2.75) is 11.4 Å². The molecule has 0 amide bonds. The molecule has 7 heteroatoms. The first kappa shape index (κ1) is 21.8. The normalized spacial score (nSPS) is 10.3. The van der Waals surface area contributed by atoms with Gasteiger partial charge in [0.1, 0.15) is 11.1 Å². The number of nitriles is 1. The number of nitrogens with zero attached hydrogens (tertiary/aromatic N) is 2. The third-order valence-electron chi connectivity index (χ3n) is 4.13. The van der Waals surface area contributed by atoms with Crippen molar-refractivity contribution in [3.63, 3.8) is 0 Å². The van der Waals surface area contributed by atoms with Crippen LogP contribution in [0.1, 0.15) is 22.3 Å². The zero-order chi connectivity index (χ0) is 21.3. The molecule has 30 heavy (non-hydrogen) atoms. The Morgan fingerprint density at radius 2 is 1.77 bits per heavy atom. The van der Waals surface area contributed by atoms with E-state index in [0.717, 1.165) is 15.7 Å². The number of Topliss-reactive ketones (excluding diaryl/α,β-unsaturated/α-hetero) is 1. The molecule has 0 bridgehead atoms. The SMILES string of the molecule is N#Cc1ccc(-c2ccccc2)nc1SCCC(=O)OCC(=O)c1ccc(Br)cc1. The minimum absolute atomic E-state index is 0.112. The molecule has 3 rings (SSSR count). The Kier molecular flexibility index (Phi) is 7.77. The maximum Gasteiger partial charge on any atom is 0.307 e. The van der Waals surface area contributed by atoms with Gasteiger partial charge in [0.15, 0.2) is 12.4 Å². The number of hydrogen-bond donors (Lipinski definition) is 0. The number of carbonyl (C=O) groups is 2. The van der Waals surface area contributed by atoms with Crippen LogP contribution in [0.4, 0.5) is 0 Å². The summed E-state index contributed by atoms with van der Waals surface area (Å²) in [5.74, 6) is -0.330. The molecule has 0 N–H and O–H groups in total. The number of hydrogen-bond acceptors (Lipinski definition) is 6. The molecule has 0 unspecified atom stereocenters. The van der Waals surface area contributed by atoms with Crippen molar-refractivity contribution < 1.29 is 14.3 Å². The molecule has 0 aliphatic carbocycles. The number of ketones is 1. The summed E-state index contributed by atoms with van der Waals surface area (Å²) >= 11 is 4.62. The van der Waals surface area contributed by atoms with Gasteiger partial charge in [0.2, 0.25) is 0 Å². The Labute approximate surface area is 187 Å². The number of carbonyl (C=O) groups excluding carboxylic acids is 2. The molecule has 0 aliphatic heterocycles. The highest BCUT2D eigenvalue weighted by Gasteiger charge is 2.12. The largest absolute Gasteiger partial charge is 0.457 e. The lowest BCUT2D eigenvalue weighted by Crippen LogP contribution is -2.14. The first-order chi connectivity index (χ1) is 14.6. The van der Waals surface area contributed by atoms with E-state index in [1.165, 1.54) is 11.8 Å². The summed E-state index contributed by atoms with van der Waals surface area (Å²) in [5, 5.41) is 9.89. The highest BCUT2D eigenvalue weighted by atomic mass is 79.9. The fourth-order valence-electron chi connectivity index (χ4n) is 2.57. The minimum atomic E-state index is -0.467. The zero-order valence-corrected chi connectivity index (χ0v) is 18.3. The van der Waals surface area contributed by atoms with Crippen LogP contribution in [0.2, 0.25) is 0 Å². The van der Waals surface area contributed by atoms with Crippen LogP contribution in [0, 0.1) is 11.3 Å². The first-order valence-corrected chi connectivity index (χ1v) is 10.9. The second-order valence-electron chi connectivity index (χ2n) is 6.22. The maximum atomic E-state index is 12.1. The second-order valence-corrected chi connectivity index (χ2v) is 8.22.